The van der Waals surface area contributed by atoms with Crippen LogP contribution in [0.2, 0.25) is 5.02 Å². The van der Waals surface area contributed by atoms with Crippen LogP contribution in [-0.2, 0) is 6.54 Å². The molecule has 2 heterocycles. The van der Waals surface area contributed by atoms with E-state index >= 15 is 0 Å². The molecule has 120 valence electrons. The predicted octanol–water partition coefficient (Wildman–Crippen LogP) is 3.90. The van der Waals surface area contributed by atoms with E-state index in [1.807, 2.05) is 0 Å². The molecule has 1 aromatic carbocycles. The maximum absolute atomic E-state index is 13.8. The third kappa shape index (κ3) is 4.46. The van der Waals surface area contributed by atoms with Gasteiger partial charge in [-0.25, -0.2) is 4.39 Å². The number of fused-ring (bicyclic) bond motifs is 1. The third-order valence-electron chi connectivity index (χ3n) is 4.42. The topological polar surface area (TPSA) is 15.3 Å². The first-order valence-corrected chi connectivity index (χ1v) is 7.50. The van der Waals surface area contributed by atoms with Gasteiger partial charge in [-0.2, -0.15) is 0 Å². The SMILES string of the molecule is Cl.Cl.Fc1cccc(Cl)c1CN1CC[C@@H]2NCCC[C@@H]2C1. The second kappa shape index (κ2) is 8.54. The highest BCUT2D eigenvalue weighted by Crippen LogP contribution is 2.27. The fourth-order valence-corrected chi connectivity index (χ4v) is 3.59. The van der Waals surface area contributed by atoms with E-state index in [4.69, 9.17) is 11.6 Å². The Morgan fingerprint density at radius 2 is 2.10 bits per heavy atom. The minimum absolute atomic E-state index is 0. The molecular formula is C15H22Cl3FN2. The van der Waals surface area contributed by atoms with Gasteiger partial charge in [-0.05, 0) is 50.4 Å². The molecular weight excluding hydrogens is 334 g/mol. The Bertz CT molecular complexity index is 438. The average Bonchev–Trinajstić information content (AvgIpc) is 2.43. The molecule has 0 aliphatic carbocycles. The molecule has 0 bridgehead atoms. The second-order valence-corrected chi connectivity index (χ2v) is 6.09. The standard InChI is InChI=1S/C15H20ClFN2.2ClH/c16-13-4-1-5-14(17)12(13)10-19-8-6-15-11(9-19)3-2-7-18-15;;/h1,4-5,11,15,18H,2-3,6-10H2;2*1H/t11-,15+;;/m1../s1. The lowest BCUT2D eigenvalue weighted by Gasteiger charge is -2.41. The van der Waals surface area contributed by atoms with Gasteiger partial charge in [0.1, 0.15) is 5.82 Å². The molecule has 2 atom stereocenters. The summed E-state index contributed by atoms with van der Waals surface area (Å²) in [6.07, 6.45) is 3.71. The highest BCUT2D eigenvalue weighted by molar-refractivity contribution is 6.31. The zero-order valence-electron chi connectivity index (χ0n) is 11.9. The largest absolute Gasteiger partial charge is 0.314 e. The van der Waals surface area contributed by atoms with E-state index in [9.17, 15) is 4.39 Å². The van der Waals surface area contributed by atoms with Gasteiger partial charge >= 0.3 is 0 Å². The van der Waals surface area contributed by atoms with Crippen molar-refractivity contribution in [2.24, 2.45) is 5.92 Å². The second-order valence-electron chi connectivity index (χ2n) is 5.69. The van der Waals surface area contributed by atoms with Gasteiger partial charge in [0, 0.05) is 29.7 Å². The summed E-state index contributed by atoms with van der Waals surface area (Å²) in [5, 5.41) is 4.15. The first-order chi connectivity index (χ1) is 9.24. The smallest absolute Gasteiger partial charge is 0.129 e. The van der Waals surface area contributed by atoms with Crippen LogP contribution in [0.3, 0.4) is 0 Å². The van der Waals surface area contributed by atoms with Crippen molar-refractivity contribution in [2.45, 2.75) is 31.8 Å². The molecule has 2 aliphatic rings. The van der Waals surface area contributed by atoms with Crippen LogP contribution in [0.1, 0.15) is 24.8 Å². The number of nitrogens with zero attached hydrogens (tertiary/aromatic N) is 1. The molecule has 0 unspecified atom stereocenters. The zero-order valence-corrected chi connectivity index (χ0v) is 14.2. The normalized spacial score (nSPS) is 25.4. The number of nitrogens with one attached hydrogen (secondary N) is 1. The van der Waals surface area contributed by atoms with Crippen molar-refractivity contribution >= 4 is 36.4 Å². The Labute approximate surface area is 143 Å². The van der Waals surface area contributed by atoms with Crippen molar-refractivity contribution in [1.82, 2.24) is 10.2 Å². The van der Waals surface area contributed by atoms with Gasteiger partial charge in [-0.1, -0.05) is 17.7 Å². The first kappa shape index (κ1) is 19.0. The number of benzene rings is 1. The van der Waals surface area contributed by atoms with Crippen molar-refractivity contribution < 1.29 is 4.39 Å². The minimum Gasteiger partial charge on any atom is -0.314 e. The number of hydrogen-bond donors (Lipinski definition) is 1. The van der Waals surface area contributed by atoms with Crippen LogP contribution in [0, 0.1) is 11.7 Å². The Morgan fingerprint density at radius 3 is 2.86 bits per heavy atom. The molecule has 1 aromatic rings. The summed E-state index contributed by atoms with van der Waals surface area (Å²) in [5.41, 5.74) is 0.645. The fourth-order valence-electron chi connectivity index (χ4n) is 3.37. The van der Waals surface area contributed by atoms with E-state index in [1.165, 1.54) is 18.9 Å². The molecule has 0 saturated carbocycles. The van der Waals surface area contributed by atoms with Crippen LogP contribution in [-0.4, -0.2) is 30.6 Å². The van der Waals surface area contributed by atoms with Gasteiger partial charge in [0.05, 0.1) is 0 Å². The van der Waals surface area contributed by atoms with Gasteiger partial charge in [0.2, 0.25) is 0 Å². The van der Waals surface area contributed by atoms with Crippen molar-refractivity contribution in [3.8, 4) is 0 Å². The lowest BCUT2D eigenvalue weighted by Crippen LogP contribution is -2.51. The number of halogens is 4. The van der Waals surface area contributed by atoms with Crippen molar-refractivity contribution in [3.63, 3.8) is 0 Å². The summed E-state index contributed by atoms with van der Waals surface area (Å²) in [4.78, 5) is 2.35. The van der Waals surface area contributed by atoms with Crippen molar-refractivity contribution in [3.05, 3.63) is 34.6 Å². The molecule has 2 saturated heterocycles. The van der Waals surface area contributed by atoms with Crippen LogP contribution in [0.15, 0.2) is 18.2 Å². The van der Waals surface area contributed by atoms with Crippen molar-refractivity contribution in [2.75, 3.05) is 19.6 Å². The molecule has 2 nitrogen and oxygen atoms in total. The van der Waals surface area contributed by atoms with Crippen LogP contribution in [0.5, 0.6) is 0 Å². The van der Waals surface area contributed by atoms with Gasteiger partial charge < -0.3 is 5.32 Å². The molecule has 6 heteroatoms. The Morgan fingerprint density at radius 1 is 1.29 bits per heavy atom. The Balaban J connectivity index is 0.00000110. The van der Waals surface area contributed by atoms with Gasteiger partial charge in [0.25, 0.3) is 0 Å². The van der Waals surface area contributed by atoms with Gasteiger partial charge in [-0.15, -0.1) is 24.8 Å². The van der Waals surface area contributed by atoms with E-state index in [2.05, 4.69) is 10.2 Å². The molecule has 2 fully saturated rings. The first-order valence-electron chi connectivity index (χ1n) is 7.12. The van der Waals surface area contributed by atoms with Gasteiger partial charge in [0.15, 0.2) is 0 Å². The molecule has 1 N–H and O–H groups in total. The monoisotopic (exact) mass is 354 g/mol. The molecule has 0 amide bonds. The fraction of sp³-hybridized carbons (Fsp3) is 0.600. The van der Waals surface area contributed by atoms with Crippen LogP contribution in [0.25, 0.3) is 0 Å². The number of rotatable bonds is 2. The lowest BCUT2D eigenvalue weighted by atomic mass is 9.85. The summed E-state index contributed by atoms with van der Waals surface area (Å²) in [6.45, 7) is 3.87. The third-order valence-corrected chi connectivity index (χ3v) is 4.77. The van der Waals surface area contributed by atoms with E-state index in [-0.39, 0.29) is 30.6 Å². The summed E-state index contributed by atoms with van der Waals surface area (Å²) in [5.74, 6) is 0.532. The van der Waals surface area contributed by atoms with Crippen molar-refractivity contribution in [1.29, 1.82) is 0 Å². The van der Waals surface area contributed by atoms with Gasteiger partial charge in [-0.3, -0.25) is 4.90 Å². The van der Waals surface area contributed by atoms with Crippen LogP contribution in [0.4, 0.5) is 4.39 Å². The van der Waals surface area contributed by atoms with Crippen LogP contribution >= 0.6 is 36.4 Å². The average molecular weight is 356 g/mol. The molecule has 3 rings (SSSR count). The quantitative estimate of drug-likeness (QED) is 0.865. The van der Waals surface area contributed by atoms with E-state index in [0.717, 1.165) is 26.1 Å². The molecule has 0 spiro atoms. The zero-order chi connectivity index (χ0) is 13.2. The van der Waals surface area contributed by atoms with Crippen LogP contribution < -0.4 is 5.32 Å². The van der Waals surface area contributed by atoms with E-state index < -0.39 is 0 Å². The summed E-state index contributed by atoms with van der Waals surface area (Å²) >= 11 is 6.11. The number of piperidine rings is 2. The predicted molar refractivity (Wildman–Crippen MR) is 90.3 cm³/mol. The highest BCUT2D eigenvalue weighted by Gasteiger charge is 2.31. The minimum atomic E-state index is -0.184. The number of hydrogen-bond acceptors (Lipinski definition) is 2. The molecule has 0 aromatic heterocycles. The van der Waals surface area contributed by atoms with E-state index in [1.54, 1.807) is 12.1 Å². The molecule has 21 heavy (non-hydrogen) atoms. The maximum atomic E-state index is 13.8. The molecule has 2 aliphatic heterocycles. The molecule has 0 radical (unpaired) electrons. The summed E-state index contributed by atoms with van der Waals surface area (Å²) < 4.78 is 13.8. The number of likely N-dealkylation sites (tertiary alicyclic amines) is 1. The Kier molecular flexibility index (Phi) is 7.72. The summed E-state index contributed by atoms with van der Waals surface area (Å²) in [6, 6.07) is 5.60. The lowest BCUT2D eigenvalue weighted by molar-refractivity contribution is 0.108. The van der Waals surface area contributed by atoms with E-state index in [0.29, 0.717) is 29.1 Å². The maximum Gasteiger partial charge on any atom is 0.129 e. The summed E-state index contributed by atoms with van der Waals surface area (Å²) in [7, 11) is 0. The Hall–Kier alpha value is -0.0600. The highest BCUT2D eigenvalue weighted by atomic mass is 35.5.